The van der Waals surface area contributed by atoms with Crippen LogP contribution in [-0.4, -0.2) is 13.2 Å². The molecule has 112 valence electrons. The second kappa shape index (κ2) is 7.67. The predicted octanol–water partition coefficient (Wildman–Crippen LogP) is 3.04. The van der Waals surface area contributed by atoms with E-state index in [0.717, 1.165) is 22.6 Å². The average molecular weight is 286 g/mol. The van der Waals surface area contributed by atoms with Gasteiger partial charge in [0.2, 0.25) is 0 Å². The maximum atomic E-state index is 5.74. The molecule has 0 aliphatic carbocycles. The van der Waals surface area contributed by atoms with Crippen LogP contribution in [0.25, 0.3) is 0 Å². The largest absolute Gasteiger partial charge is 0.490 e. The van der Waals surface area contributed by atoms with Crippen LogP contribution < -0.4 is 20.7 Å². The fourth-order valence-electron chi connectivity index (χ4n) is 2.28. The second-order valence-electron chi connectivity index (χ2n) is 4.58. The number of hydrogen-bond acceptors (Lipinski definition) is 4. The van der Waals surface area contributed by atoms with Crippen LogP contribution in [0, 0.1) is 0 Å². The van der Waals surface area contributed by atoms with Crippen molar-refractivity contribution in [2.24, 2.45) is 5.84 Å². The second-order valence-corrected chi connectivity index (χ2v) is 4.58. The van der Waals surface area contributed by atoms with Gasteiger partial charge >= 0.3 is 0 Å². The Kier molecular flexibility index (Phi) is 5.60. The molecule has 1 unspecified atom stereocenters. The van der Waals surface area contributed by atoms with E-state index < -0.39 is 0 Å². The molecule has 1 atom stereocenters. The number of hydrazine groups is 1. The predicted molar refractivity (Wildman–Crippen MR) is 84.4 cm³/mol. The van der Waals surface area contributed by atoms with Crippen molar-refractivity contribution in [2.75, 3.05) is 13.2 Å². The standard InChI is InChI=1S/C17H22N2O2/c1-3-20-15-11-10-14(12-16(15)21-4-2)17(19-18)13-8-6-5-7-9-13/h5-12,17,19H,3-4,18H2,1-2H3. The number of nitrogens with two attached hydrogens (primary N) is 1. The van der Waals surface area contributed by atoms with E-state index in [4.69, 9.17) is 15.3 Å². The minimum absolute atomic E-state index is 0.0823. The van der Waals surface area contributed by atoms with E-state index in [1.54, 1.807) is 0 Å². The SMILES string of the molecule is CCOc1ccc(C(NN)c2ccccc2)cc1OCC. The first-order valence-electron chi connectivity index (χ1n) is 7.20. The molecular formula is C17H22N2O2. The van der Waals surface area contributed by atoms with Crippen LogP contribution in [0.15, 0.2) is 48.5 Å². The Morgan fingerprint density at radius 1 is 0.905 bits per heavy atom. The Bertz CT molecular complexity index is 558. The minimum atomic E-state index is -0.0823. The van der Waals surface area contributed by atoms with Crippen LogP contribution in [0.4, 0.5) is 0 Å². The first kappa shape index (κ1) is 15.4. The summed E-state index contributed by atoms with van der Waals surface area (Å²) in [6.07, 6.45) is 0. The maximum Gasteiger partial charge on any atom is 0.161 e. The highest BCUT2D eigenvalue weighted by molar-refractivity contribution is 5.46. The lowest BCUT2D eigenvalue weighted by atomic mass is 9.99. The van der Waals surface area contributed by atoms with Gasteiger partial charge in [0.05, 0.1) is 19.3 Å². The monoisotopic (exact) mass is 286 g/mol. The molecular weight excluding hydrogens is 264 g/mol. The van der Waals surface area contributed by atoms with Crippen LogP contribution in [0.1, 0.15) is 31.0 Å². The van der Waals surface area contributed by atoms with E-state index in [0.29, 0.717) is 13.2 Å². The number of benzene rings is 2. The molecule has 2 rings (SSSR count). The van der Waals surface area contributed by atoms with E-state index in [1.165, 1.54) is 0 Å². The minimum Gasteiger partial charge on any atom is -0.490 e. The molecule has 21 heavy (non-hydrogen) atoms. The van der Waals surface area contributed by atoms with E-state index >= 15 is 0 Å². The number of ether oxygens (including phenoxy) is 2. The van der Waals surface area contributed by atoms with Gasteiger partial charge < -0.3 is 9.47 Å². The third-order valence-electron chi connectivity index (χ3n) is 3.20. The zero-order valence-corrected chi connectivity index (χ0v) is 12.5. The van der Waals surface area contributed by atoms with Crippen molar-refractivity contribution >= 4 is 0 Å². The smallest absolute Gasteiger partial charge is 0.161 e. The quantitative estimate of drug-likeness (QED) is 0.607. The van der Waals surface area contributed by atoms with Crippen molar-refractivity contribution in [3.05, 3.63) is 59.7 Å². The van der Waals surface area contributed by atoms with Gasteiger partial charge in [0.1, 0.15) is 0 Å². The van der Waals surface area contributed by atoms with E-state index in [9.17, 15) is 0 Å². The zero-order valence-electron chi connectivity index (χ0n) is 12.5. The van der Waals surface area contributed by atoms with Gasteiger partial charge in [-0.15, -0.1) is 0 Å². The van der Waals surface area contributed by atoms with E-state index in [1.807, 2.05) is 62.4 Å². The number of nitrogens with one attached hydrogen (secondary N) is 1. The van der Waals surface area contributed by atoms with Crippen molar-refractivity contribution in [1.82, 2.24) is 5.43 Å². The van der Waals surface area contributed by atoms with Crippen LogP contribution in [-0.2, 0) is 0 Å². The highest BCUT2D eigenvalue weighted by Crippen LogP contribution is 2.32. The van der Waals surface area contributed by atoms with Gasteiger partial charge in [0.15, 0.2) is 11.5 Å². The summed E-state index contributed by atoms with van der Waals surface area (Å²) in [5, 5.41) is 0. The molecule has 0 bridgehead atoms. The molecule has 0 fully saturated rings. The van der Waals surface area contributed by atoms with Gasteiger partial charge in [-0.3, -0.25) is 5.84 Å². The molecule has 4 nitrogen and oxygen atoms in total. The molecule has 0 amide bonds. The van der Waals surface area contributed by atoms with Gasteiger partial charge in [0, 0.05) is 0 Å². The molecule has 3 N–H and O–H groups in total. The molecule has 2 aromatic carbocycles. The Morgan fingerprint density at radius 2 is 1.57 bits per heavy atom. The summed E-state index contributed by atoms with van der Waals surface area (Å²) in [6, 6.07) is 15.9. The molecule has 0 saturated carbocycles. The number of hydrogen-bond donors (Lipinski definition) is 2. The summed E-state index contributed by atoms with van der Waals surface area (Å²) in [4.78, 5) is 0. The van der Waals surface area contributed by atoms with E-state index in [2.05, 4.69) is 5.43 Å². The van der Waals surface area contributed by atoms with Gasteiger partial charge in [-0.1, -0.05) is 36.4 Å². The van der Waals surface area contributed by atoms with Crippen LogP contribution in [0.5, 0.6) is 11.5 Å². The average Bonchev–Trinajstić information content (AvgIpc) is 2.52. The van der Waals surface area contributed by atoms with Crippen molar-refractivity contribution in [2.45, 2.75) is 19.9 Å². The lowest BCUT2D eigenvalue weighted by Crippen LogP contribution is -2.28. The highest BCUT2D eigenvalue weighted by Gasteiger charge is 2.15. The Hall–Kier alpha value is -2.04. The van der Waals surface area contributed by atoms with E-state index in [-0.39, 0.29) is 6.04 Å². The van der Waals surface area contributed by atoms with Crippen molar-refractivity contribution in [1.29, 1.82) is 0 Å². The third-order valence-corrected chi connectivity index (χ3v) is 3.20. The van der Waals surface area contributed by atoms with Gasteiger partial charge in [-0.2, -0.15) is 0 Å². The topological polar surface area (TPSA) is 56.5 Å². The molecule has 0 radical (unpaired) electrons. The molecule has 4 heteroatoms. The van der Waals surface area contributed by atoms with Crippen LogP contribution in [0.3, 0.4) is 0 Å². The first-order valence-corrected chi connectivity index (χ1v) is 7.20. The molecule has 0 heterocycles. The normalized spacial score (nSPS) is 12.0. The van der Waals surface area contributed by atoms with Gasteiger partial charge in [-0.25, -0.2) is 5.43 Å². The highest BCUT2D eigenvalue weighted by atomic mass is 16.5. The van der Waals surface area contributed by atoms with Crippen molar-refractivity contribution in [3.63, 3.8) is 0 Å². The van der Waals surface area contributed by atoms with Crippen LogP contribution >= 0.6 is 0 Å². The summed E-state index contributed by atoms with van der Waals surface area (Å²) in [5.41, 5.74) is 5.00. The zero-order chi connectivity index (χ0) is 15.1. The molecule has 0 saturated heterocycles. The Balaban J connectivity index is 2.35. The Labute approximate surface area is 125 Å². The summed E-state index contributed by atoms with van der Waals surface area (Å²) in [6.45, 7) is 5.11. The first-order chi connectivity index (χ1) is 10.3. The fraction of sp³-hybridized carbons (Fsp3) is 0.294. The van der Waals surface area contributed by atoms with Crippen molar-refractivity contribution < 1.29 is 9.47 Å². The third kappa shape index (κ3) is 3.74. The Morgan fingerprint density at radius 3 is 2.19 bits per heavy atom. The maximum absolute atomic E-state index is 5.74. The lowest BCUT2D eigenvalue weighted by Gasteiger charge is -2.19. The summed E-state index contributed by atoms with van der Waals surface area (Å²) in [7, 11) is 0. The summed E-state index contributed by atoms with van der Waals surface area (Å²) in [5.74, 6) is 7.24. The number of rotatable bonds is 7. The molecule has 0 aliphatic heterocycles. The van der Waals surface area contributed by atoms with Gasteiger partial charge in [-0.05, 0) is 37.1 Å². The summed E-state index contributed by atoms with van der Waals surface area (Å²) >= 11 is 0. The van der Waals surface area contributed by atoms with Crippen molar-refractivity contribution in [3.8, 4) is 11.5 Å². The van der Waals surface area contributed by atoms with Crippen LogP contribution in [0.2, 0.25) is 0 Å². The molecule has 0 aromatic heterocycles. The fourth-order valence-corrected chi connectivity index (χ4v) is 2.28. The lowest BCUT2D eigenvalue weighted by molar-refractivity contribution is 0.287. The molecule has 0 spiro atoms. The summed E-state index contributed by atoms with van der Waals surface area (Å²) < 4.78 is 11.3. The molecule has 0 aliphatic rings. The molecule has 2 aromatic rings. The van der Waals surface area contributed by atoms with Gasteiger partial charge in [0.25, 0.3) is 0 Å².